The van der Waals surface area contributed by atoms with E-state index in [1.165, 1.54) is 18.6 Å². The molecule has 0 spiro atoms. The fourth-order valence-electron chi connectivity index (χ4n) is 1.94. The molecular weight excluding hydrogens is 268 g/mol. The summed E-state index contributed by atoms with van der Waals surface area (Å²) in [7, 11) is 0. The fourth-order valence-corrected chi connectivity index (χ4v) is 2.10. The number of halogens is 2. The molecule has 0 aliphatic heterocycles. The van der Waals surface area contributed by atoms with Crippen molar-refractivity contribution in [2.24, 2.45) is 5.10 Å². The van der Waals surface area contributed by atoms with Crippen LogP contribution in [0.3, 0.4) is 0 Å². The van der Waals surface area contributed by atoms with Gasteiger partial charge >= 0.3 is 0 Å². The van der Waals surface area contributed by atoms with Gasteiger partial charge in [0.15, 0.2) is 5.11 Å². The highest BCUT2D eigenvalue weighted by atomic mass is 32.1. The van der Waals surface area contributed by atoms with Gasteiger partial charge in [-0.1, -0.05) is 6.42 Å². The molecule has 0 heterocycles. The predicted molar refractivity (Wildman–Crippen MR) is 76.2 cm³/mol. The molecule has 102 valence electrons. The molecule has 0 aromatic heterocycles. The van der Waals surface area contributed by atoms with Crippen LogP contribution in [0.5, 0.6) is 0 Å². The van der Waals surface area contributed by atoms with Crippen LogP contribution in [-0.4, -0.2) is 10.8 Å². The molecule has 2 N–H and O–H groups in total. The highest BCUT2D eigenvalue weighted by molar-refractivity contribution is 7.80. The van der Waals surface area contributed by atoms with Crippen molar-refractivity contribution >= 4 is 28.7 Å². The van der Waals surface area contributed by atoms with Crippen molar-refractivity contribution < 1.29 is 8.78 Å². The van der Waals surface area contributed by atoms with Gasteiger partial charge in [-0.05, 0) is 50.0 Å². The summed E-state index contributed by atoms with van der Waals surface area (Å²) in [6.45, 7) is 0. The Kier molecular flexibility index (Phi) is 4.79. The van der Waals surface area contributed by atoms with Crippen molar-refractivity contribution in [3.63, 3.8) is 0 Å². The molecule has 0 saturated heterocycles. The Balaban J connectivity index is 1.90. The summed E-state index contributed by atoms with van der Waals surface area (Å²) < 4.78 is 26.1. The maximum absolute atomic E-state index is 13.4. The maximum atomic E-state index is 13.4. The highest BCUT2D eigenvalue weighted by Crippen LogP contribution is 2.15. The van der Waals surface area contributed by atoms with E-state index >= 15 is 0 Å². The molecule has 1 fully saturated rings. The zero-order chi connectivity index (χ0) is 13.7. The third-order valence-electron chi connectivity index (χ3n) is 2.93. The second kappa shape index (κ2) is 6.56. The summed E-state index contributed by atoms with van der Waals surface area (Å²) in [4.78, 5) is 0. The number of hydrazone groups is 1. The summed E-state index contributed by atoms with van der Waals surface area (Å²) in [6, 6.07) is 3.27. The monoisotopic (exact) mass is 283 g/mol. The Bertz CT molecular complexity index is 495. The van der Waals surface area contributed by atoms with Crippen molar-refractivity contribution in [2.75, 3.05) is 5.32 Å². The first-order valence-electron chi connectivity index (χ1n) is 6.22. The number of benzene rings is 1. The normalized spacial score (nSPS) is 14.9. The van der Waals surface area contributed by atoms with E-state index in [1.54, 1.807) is 0 Å². The molecular formula is C13H15F2N3S. The lowest BCUT2D eigenvalue weighted by atomic mass is 9.99. The lowest BCUT2D eigenvalue weighted by Gasteiger charge is -2.13. The van der Waals surface area contributed by atoms with E-state index in [0.29, 0.717) is 0 Å². The van der Waals surface area contributed by atoms with E-state index < -0.39 is 11.6 Å². The van der Waals surface area contributed by atoms with Crippen LogP contribution >= 0.6 is 12.2 Å². The van der Waals surface area contributed by atoms with Crippen LogP contribution in [0.2, 0.25) is 0 Å². The SMILES string of the molecule is Fc1ccc(NC(=S)NN=C2CCCCC2)c(F)c1. The Hall–Kier alpha value is -1.56. The van der Waals surface area contributed by atoms with Crippen LogP contribution in [0.1, 0.15) is 32.1 Å². The summed E-state index contributed by atoms with van der Waals surface area (Å²) in [5.74, 6) is -1.31. The number of hydrogen-bond donors (Lipinski definition) is 2. The smallest absolute Gasteiger partial charge is 0.191 e. The van der Waals surface area contributed by atoms with Gasteiger partial charge in [0.2, 0.25) is 0 Å². The molecule has 2 rings (SSSR count). The second-order valence-electron chi connectivity index (χ2n) is 4.43. The number of anilines is 1. The molecule has 1 aromatic rings. The van der Waals surface area contributed by atoms with Crippen molar-refractivity contribution in [3.05, 3.63) is 29.8 Å². The topological polar surface area (TPSA) is 36.4 Å². The zero-order valence-corrected chi connectivity index (χ0v) is 11.2. The molecule has 0 amide bonds. The first kappa shape index (κ1) is 13.9. The van der Waals surface area contributed by atoms with Crippen LogP contribution in [0.15, 0.2) is 23.3 Å². The van der Waals surface area contributed by atoms with E-state index in [1.807, 2.05) is 0 Å². The van der Waals surface area contributed by atoms with Crippen LogP contribution in [-0.2, 0) is 0 Å². The molecule has 0 bridgehead atoms. The lowest BCUT2D eigenvalue weighted by molar-refractivity contribution is 0.586. The van der Waals surface area contributed by atoms with E-state index in [9.17, 15) is 8.78 Å². The highest BCUT2D eigenvalue weighted by Gasteiger charge is 2.08. The maximum Gasteiger partial charge on any atom is 0.191 e. The minimum Gasteiger partial charge on any atom is -0.329 e. The summed E-state index contributed by atoms with van der Waals surface area (Å²) in [5, 5.41) is 7.04. The number of nitrogens with one attached hydrogen (secondary N) is 2. The van der Waals surface area contributed by atoms with E-state index in [2.05, 4.69) is 15.8 Å². The Morgan fingerprint density at radius 3 is 2.58 bits per heavy atom. The predicted octanol–water partition coefficient (Wildman–Crippen LogP) is 3.57. The van der Waals surface area contributed by atoms with Crippen molar-refractivity contribution in [1.82, 2.24) is 5.43 Å². The van der Waals surface area contributed by atoms with Gasteiger partial charge in [-0.3, -0.25) is 5.43 Å². The van der Waals surface area contributed by atoms with Gasteiger partial charge in [-0.15, -0.1) is 0 Å². The van der Waals surface area contributed by atoms with Crippen LogP contribution in [0.25, 0.3) is 0 Å². The third kappa shape index (κ3) is 4.24. The number of rotatable bonds is 2. The Labute approximate surface area is 116 Å². The summed E-state index contributed by atoms with van der Waals surface area (Å²) in [5.41, 5.74) is 3.90. The second-order valence-corrected chi connectivity index (χ2v) is 4.84. The van der Waals surface area contributed by atoms with E-state index in [-0.39, 0.29) is 10.8 Å². The van der Waals surface area contributed by atoms with Gasteiger partial charge in [0.05, 0.1) is 5.69 Å². The summed E-state index contributed by atoms with van der Waals surface area (Å²) in [6.07, 6.45) is 5.48. The minimum atomic E-state index is -0.686. The van der Waals surface area contributed by atoms with Gasteiger partial charge in [-0.2, -0.15) is 5.10 Å². The number of nitrogens with zero attached hydrogens (tertiary/aromatic N) is 1. The molecule has 19 heavy (non-hydrogen) atoms. The summed E-state index contributed by atoms with van der Waals surface area (Å²) >= 11 is 5.01. The first-order valence-corrected chi connectivity index (χ1v) is 6.63. The third-order valence-corrected chi connectivity index (χ3v) is 3.12. The van der Waals surface area contributed by atoms with E-state index in [0.717, 1.165) is 37.5 Å². The van der Waals surface area contributed by atoms with Crippen LogP contribution in [0.4, 0.5) is 14.5 Å². The molecule has 1 aromatic carbocycles. The fraction of sp³-hybridized carbons (Fsp3) is 0.385. The van der Waals surface area contributed by atoms with E-state index in [4.69, 9.17) is 12.2 Å². The molecule has 0 radical (unpaired) electrons. The average molecular weight is 283 g/mol. The van der Waals surface area contributed by atoms with Crippen molar-refractivity contribution in [1.29, 1.82) is 0 Å². The molecule has 0 unspecified atom stereocenters. The van der Waals surface area contributed by atoms with Crippen molar-refractivity contribution in [2.45, 2.75) is 32.1 Å². The van der Waals surface area contributed by atoms with Gasteiger partial charge in [0.25, 0.3) is 0 Å². The van der Waals surface area contributed by atoms with Crippen molar-refractivity contribution in [3.8, 4) is 0 Å². The van der Waals surface area contributed by atoms with Gasteiger partial charge in [0, 0.05) is 11.8 Å². The molecule has 6 heteroatoms. The number of thiocarbonyl (C=S) groups is 1. The largest absolute Gasteiger partial charge is 0.329 e. The zero-order valence-electron chi connectivity index (χ0n) is 10.4. The van der Waals surface area contributed by atoms with Crippen LogP contribution < -0.4 is 10.7 Å². The molecule has 1 aliphatic carbocycles. The number of hydrogen-bond acceptors (Lipinski definition) is 2. The van der Waals surface area contributed by atoms with Gasteiger partial charge in [-0.25, -0.2) is 8.78 Å². The van der Waals surface area contributed by atoms with Crippen LogP contribution in [0, 0.1) is 11.6 Å². The molecule has 0 atom stereocenters. The minimum absolute atomic E-state index is 0.128. The molecule has 1 saturated carbocycles. The van der Waals surface area contributed by atoms with Gasteiger partial charge in [0.1, 0.15) is 11.6 Å². The molecule has 3 nitrogen and oxygen atoms in total. The quantitative estimate of drug-likeness (QED) is 0.643. The van der Waals surface area contributed by atoms with Gasteiger partial charge < -0.3 is 5.32 Å². The average Bonchev–Trinajstić information content (AvgIpc) is 2.41. The molecule has 1 aliphatic rings. The first-order chi connectivity index (χ1) is 9.15. The lowest BCUT2D eigenvalue weighted by Crippen LogP contribution is -2.26. The Morgan fingerprint density at radius 2 is 1.89 bits per heavy atom. The standard InChI is InChI=1S/C13H15F2N3S/c14-9-6-7-12(11(15)8-9)16-13(19)18-17-10-4-2-1-3-5-10/h6-8H,1-5H2,(H2,16,18,19). The Morgan fingerprint density at radius 1 is 1.16 bits per heavy atom.